The Morgan fingerprint density at radius 2 is 1.03 bits per heavy atom. The first kappa shape index (κ1) is 20.0. The molecule has 35 heavy (non-hydrogen) atoms. The lowest BCUT2D eigenvalue weighted by Crippen LogP contribution is -2.25. The molecule has 0 radical (unpaired) electrons. The van der Waals surface area contributed by atoms with E-state index in [0.717, 1.165) is 11.1 Å². The number of rotatable bonds is 3. The van der Waals surface area contributed by atoms with E-state index in [1.54, 1.807) is 0 Å². The molecule has 1 spiro atoms. The fourth-order valence-corrected chi connectivity index (χ4v) is 6.30. The van der Waals surface area contributed by atoms with Crippen LogP contribution in [0.4, 0.5) is 0 Å². The largest absolute Gasteiger partial charge is 0.0985 e. The molecule has 0 fully saturated rings. The van der Waals surface area contributed by atoms with Crippen LogP contribution in [0.25, 0.3) is 39.0 Å². The first-order valence-electron chi connectivity index (χ1n) is 12.1. The van der Waals surface area contributed by atoms with Crippen LogP contribution in [-0.4, -0.2) is 0 Å². The Morgan fingerprint density at radius 3 is 1.63 bits per heavy atom. The Labute approximate surface area is 206 Å². The molecule has 0 nitrogen and oxygen atoms in total. The molecule has 0 N–H and O–H groups in total. The van der Waals surface area contributed by atoms with Crippen molar-refractivity contribution in [2.75, 3.05) is 0 Å². The number of allylic oxidation sites excluding steroid dienone is 2. The molecule has 2 aliphatic rings. The van der Waals surface area contributed by atoms with Crippen LogP contribution in [0.2, 0.25) is 0 Å². The zero-order valence-corrected chi connectivity index (χ0v) is 19.5. The van der Waals surface area contributed by atoms with Gasteiger partial charge in [0, 0.05) is 0 Å². The third-order valence-electron chi connectivity index (χ3n) is 7.81. The second-order valence-corrected chi connectivity index (χ2v) is 9.46. The van der Waals surface area contributed by atoms with Gasteiger partial charge in [0.2, 0.25) is 0 Å². The maximum absolute atomic E-state index is 4.14. The lowest BCUT2D eigenvalue weighted by Gasteiger charge is -2.30. The molecule has 5 aromatic carbocycles. The third kappa shape index (κ3) is 2.57. The SMILES string of the molecule is C=CC(=C)c1cccc(-c2ccc3c(c2)-c2ccccc2C32c3ccccc3-c3ccccc32)c1. The van der Waals surface area contributed by atoms with Gasteiger partial charge in [0.25, 0.3) is 0 Å². The van der Waals surface area contributed by atoms with Gasteiger partial charge < -0.3 is 0 Å². The number of hydrogen-bond donors (Lipinski definition) is 0. The van der Waals surface area contributed by atoms with Gasteiger partial charge in [0.05, 0.1) is 5.41 Å². The van der Waals surface area contributed by atoms with Crippen molar-refractivity contribution in [1.29, 1.82) is 0 Å². The van der Waals surface area contributed by atoms with E-state index in [1.165, 1.54) is 55.6 Å². The maximum atomic E-state index is 4.14. The second-order valence-electron chi connectivity index (χ2n) is 9.46. The summed E-state index contributed by atoms with van der Waals surface area (Å²) in [6.07, 6.45) is 1.82. The number of fused-ring (bicyclic) bond motifs is 10. The lowest BCUT2D eigenvalue weighted by atomic mass is 9.70. The maximum Gasteiger partial charge on any atom is 0.0725 e. The van der Waals surface area contributed by atoms with Crippen LogP contribution in [-0.2, 0) is 5.41 Å². The van der Waals surface area contributed by atoms with Gasteiger partial charge in [0.15, 0.2) is 0 Å². The molecule has 0 aromatic heterocycles. The van der Waals surface area contributed by atoms with Gasteiger partial charge in [-0.3, -0.25) is 0 Å². The molecule has 0 aliphatic heterocycles. The normalized spacial score (nSPS) is 13.6. The Bertz CT molecular complexity index is 1640. The fourth-order valence-electron chi connectivity index (χ4n) is 6.30. The first-order valence-corrected chi connectivity index (χ1v) is 12.1. The van der Waals surface area contributed by atoms with E-state index in [1.807, 2.05) is 6.08 Å². The summed E-state index contributed by atoms with van der Waals surface area (Å²) in [6, 6.07) is 42.4. The van der Waals surface area contributed by atoms with E-state index in [9.17, 15) is 0 Å². The zero-order chi connectivity index (χ0) is 23.6. The summed E-state index contributed by atoms with van der Waals surface area (Å²) >= 11 is 0. The van der Waals surface area contributed by atoms with Crippen molar-refractivity contribution in [2.24, 2.45) is 0 Å². The van der Waals surface area contributed by atoms with Crippen LogP contribution in [0.15, 0.2) is 134 Å². The van der Waals surface area contributed by atoms with Gasteiger partial charge in [0.1, 0.15) is 0 Å². The van der Waals surface area contributed by atoms with Gasteiger partial charge in [-0.1, -0.05) is 122 Å². The van der Waals surface area contributed by atoms with E-state index >= 15 is 0 Å². The smallest absolute Gasteiger partial charge is 0.0725 e. The van der Waals surface area contributed by atoms with Crippen molar-refractivity contribution in [3.05, 3.63) is 162 Å². The summed E-state index contributed by atoms with van der Waals surface area (Å²) < 4.78 is 0. The highest BCUT2D eigenvalue weighted by Gasteiger charge is 2.51. The molecule has 5 aromatic rings. The second kappa shape index (κ2) is 7.29. The predicted octanol–water partition coefficient (Wildman–Crippen LogP) is 8.90. The first-order chi connectivity index (χ1) is 17.2. The highest BCUT2D eigenvalue weighted by Crippen LogP contribution is 2.62. The monoisotopic (exact) mass is 444 g/mol. The number of hydrogen-bond acceptors (Lipinski definition) is 0. The summed E-state index contributed by atoms with van der Waals surface area (Å²) in [7, 11) is 0. The van der Waals surface area contributed by atoms with E-state index < -0.39 is 0 Å². The fraction of sp³-hybridized carbons (Fsp3) is 0.0286. The van der Waals surface area contributed by atoms with Crippen molar-refractivity contribution < 1.29 is 0 Å². The Hall–Kier alpha value is -4.42. The minimum absolute atomic E-state index is 0.281. The summed E-state index contributed by atoms with van der Waals surface area (Å²) in [4.78, 5) is 0. The molecule has 0 saturated carbocycles. The van der Waals surface area contributed by atoms with Gasteiger partial charge in [-0.2, -0.15) is 0 Å². The molecular weight excluding hydrogens is 420 g/mol. The van der Waals surface area contributed by atoms with E-state index in [4.69, 9.17) is 0 Å². The average molecular weight is 445 g/mol. The highest BCUT2D eigenvalue weighted by molar-refractivity contribution is 5.96. The molecule has 0 amide bonds. The molecule has 164 valence electrons. The molecule has 2 aliphatic carbocycles. The molecule has 0 heterocycles. The highest BCUT2D eigenvalue weighted by atomic mass is 14.5. The van der Waals surface area contributed by atoms with Crippen molar-refractivity contribution in [3.8, 4) is 33.4 Å². The van der Waals surface area contributed by atoms with Gasteiger partial charge in [-0.15, -0.1) is 0 Å². The van der Waals surface area contributed by atoms with Crippen molar-refractivity contribution in [1.82, 2.24) is 0 Å². The van der Waals surface area contributed by atoms with Gasteiger partial charge >= 0.3 is 0 Å². The van der Waals surface area contributed by atoms with Gasteiger partial charge in [-0.25, -0.2) is 0 Å². The zero-order valence-electron chi connectivity index (χ0n) is 19.5. The molecule has 0 unspecified atom stereocenters. The van der Waals surface area contributed by atoms with Crippen molar-refractivity contribution >= 4 is 5.57 Å². The quantitative estimate of drug-likeness (QED) is 0.239. The molecule has 0 heteroatoms. The van der Waals surface area contributed by atoms with E-state index in [0.29, 0.717) is 0 Å². The molecular formula is C35H24. The number of benzene rings is 5. The summed E-state index contributed by atoms with van der Waals surface area (Å²) in [5.41, 5.74) is 15.0. The summed E-state index contributed by atoms with van der Waals surface area (Å²) in [5, 5.41) is 0. The van der Waals surface area contributed by atoms with Crippen LogP contribution in [0.1, 0.15) is 27.8 Å². The molecule has 0 saturated heterocycles. The van der Waals surface area contributed by atoms with Crippen LogP contribution in [0, 0.1) is 0 Å². The Morgan fingerprint density at radius 1 is 0.514 bits per heavy atom. The topological polar surface area (TPSA) is 0 Å². The lowest BCUT2D eigenvalue weighted by molar-refractivity contribution is 0.794. The van der Waals surface area contributed by atoms with Crippen LogP contribution in [0.5, 0.6) is 0 Å². The van der Waals surface area contributed by atoms with E-state index in [2.05, 4.69) is 128 Å². The molecule has 7 rings (SSSR count). The van der Waals surface area contributed by atoms with Crippen molar-refractivity contribution in [3.63, 3.8) is 0 Å². The van der Waals surface area contributed by atoms with E-state index in [-0.39, 0.29) is 5.41 Å². The van der Waals surface area contributed by atoms with Gasteiger partial charge in [-0.05, 0) is 78.9 Å². The van der Waals surface area contributed by atoms with Crippen LogP contribution >= 0.6 is 0 Å². The third-order valence-corrected chi connectivity index (χ3v) is 7.81. The Kier molecular flexibility index (Phi) is 4.16. The van der Waals surface area contributed by atoms with Crippen molar-refractivity contribution in [2.45, 2.75) is 5.41 Å². The van der Waals surface area contributed by atoms with Crippen LogP contribution < -0.4 is 0 Å². The standard InChI is InChI=1S/C35H24/c1-3-23(2)24-11-10-12-25(21-24)26-19-20-34-30(22-26)29-15-6-9-18-33(29)35(34)31-16-7-4-13-27(31)28-14-5-8-17-32(28)35/h3-22H,1-2H2. The summed E-state index contributed by atoms with van der Waals surface area (Å²) in [6.45, 7) is 8.03. The molecule has 0 atom stereocenters. The summed E-state index contributed by atoms with van der Waals surface area (Å²) in [5.74, 6) is 0. The molecule has 0 bridgehead atoms. The minimum atomic E-state index is -0.281. The Balaban J connectivity index is 1.52. The minimum Gasteiger partial charge on any atom is -0.0985 e. The average Bonchev–Trinajstić information content (AvgIpc) is 3.40. The van der Waals surface area contributed by atoms with Crippen LogP contribution in [0.3, 0.4) is 0 Å². The predicted molar refractivity (Wildman–Crippen MR) is 147 cm³/mol.